The van der Waals surface area contributed by atoms with Crippen molar-refractivity contribution in [2.45, 2.75) is 25.8 Å². The molecule has 0 aliphatic heterocycles. The third-order valence-electron chi connectivity index (χ3n) is 2.97. The summed E-state index contributed by atoms with van der Waals surface area (Å²) < 4.78 is 40.8. The predicted molar refractivity (Wildman–Crippen MR) is 69.9 cm³/mol. The highest BCUT2D eigenvalue weighted by Gasteiger charge is 2.23. The van der Waals surface area contributed by atoms with Crippen LogP contribution in [-0.2, 0) is 13.5 Å². The molecule has 1 heterocycles. The summed E-state index contributed by atoms with van der Waals surface area (Å²) in [6, 6.07) is 0.654. The summed E-state index contributed by atoms with van der Waals surface area (Å²) in [6.45, 7) is 2.49. The van der Waals surface area contributed by atoms with E-state index < -0.39 is 23.5 Å². The smallest absolute Gasteiger partial charge is 0.176 e. The first-order valence-corrected chi connectivity index (χ1v) is 6.62. The largest absolute Gasteiger partial charge is 0.309 e. The zero-order valence-corrected chi connectivity index (χ0v) is 11.8. The number of halogens is 3. The lowest BCUT2D eigenvalue weighted by Gasteiger charge is -2.18. The highest BCUT2D eigenvalue weighted by molar-refractivity contribution is 5.25. The number of tetrazole rings is 1. The van der Waals surface area contributed by atoms with Gasteiger partial charge >= 0.3 is 0 Å². The van der Waals surface area contributed by atoms with E-state index in [0.29, 0.717) is 24.5 Å². The molecule has 1 aromatic carbocycles. The summed E-state index contributed by atoms with van der Waals surface area (Å²) in [6.07, 6.45) is 0.947. The number of nitrogens with one attached hydrogen (secondary N) is 1. The fraction of sp³-hybridized carbons (Fsp3) is 0.462. The van der Waals surface area contributed by atoms with Crippen molar-refractivity contribution >= 4 is 0 Å². The molecule has 0 fully saturated rings. The van der Waals surface area contributed by atoms with Crippen molar-refractivity contribution < 1.29 is 13.2 Å². The van der Waals surface area contributed by atoms with E-state index in [1.165, 1.54) is 4.80 Å². The Kier molecular flexibility index (Phi) is 4.89. The van der Waals surface area contributed by atoms with Gasteiger partial charge in [0, 0.05) is 30.2 Å². The van der Waals surface area contributed by atoms with Crippen LogP contribution in [0, 0.1) is 17.5 Å². The third kappa shape index (κ3) is 3.78. The van der Waals surface area contributed by atoms with E-state index in [2.05, 4.69) is 20.7 Å². The Hall–Kier alpha value is -1.96. The maximum atomic E-state index is 13.9. The van der Waals surface area contributed by atoms with E-state index in [1.807, 2.05) is 6.92 Å². The van der Waals surface area contributed by atoms with Gasteiger partial charge in [-0.15, -0.1) is 10.2 Å². The Balaban J connectivity index is 2.31. The SMILES string of the molecule is CCCNC(Cc1nnn(C)n1)c1c(F)cc(F)cc1F. The number of benzene rings is 1. The normalized spacial score (nSPS) is 12.6. The van der Waals surface area contributed by atoms with Gasteiger partial charge in [-0.3, -0.25) is 0 Å². The molecule has 2 aromatic rings. The molecule has 0 spiro atoms. The predicted octanol–water partition coefficient (Wildman–Crippen LogP) is 1.91. The van der Waals surface area contributed by atoms with Crippen LogP contribution in [0.25, 0.3) is 0 Å². The lowest BCUT2D eigenvalue weighted by atomic mass is 10.0. The maximum absolute atomic E-state index is 13.9. The van der Waals surface area contributed by atoms with Crippen molar-refractivity contribution in [1.29, 1.82) is 0 Å². The number of aromatic nitrogens is 4. The fourth-order valence-electron chi connectivity index (χ4n) is 2.07. The lowest BCUT2D eigenvalue weighted by Crippen LogP contribution is -2.26. The molecule has 114 valence electrons. The molecule has 1 aromatic heterocycles. The van der Waals surface area contributed by atoms with Gasteiger partial charge in [-0.25, -0.2) is 13.2 Å². The topological polar surface area (TPSA) is 55.6 Å². The van der Waals surface area contributed by atoms with Crippen molar-refractivity contribution in [2.75, 3.05) is 6.54 Å². The van der Waals surface area contributed by atoms with Crippen LogP contribution < -0.4 is 5.32 Å². The number of aryl methyl sites for hydroxylation is 1. The zero-order valence-electron chi connectivity index (χ0n) is 11.8. The van der Waals surface area contributed by atoms with Crippen molar-refractivity contribution in [2.24, 2.45) is 7.05 Å². The van der Waals surface area contributed by atoms with Crippen LogP contribution >= 0.6 is 0 Å². The van der Waals surface area contributed by atoms with Gasteiger partial charge in [0.2, 0.25) is 0 Å². The fourth-order valence-corrected chi connectivity index (χ4v) is 2.07. The number of hydrogen-bond donors (Lipinski definition) is 1. The van der Waals surface area contributed by atoms with Gasteiger partial charge < -0.3 is 5.32 Å². The maximum Gasteiger partial charge on any atom is 0.176 e. The van der Waals surface area contributed by atoms with Crippen LogP contribution in [0.4, 0.5) is 13.2 Å². The quantitative estimate of drug-likeness (QED) is 0.885. The first-order valence-electron chi connectivity index (χ1n) is 6.62. The molecule has 21 heavy (non-hydrogen) atoms. The highest BCUT2D eigenvalue weighted by Crippen LogP contribution is 2.24. The average Bonchev–Trinajstić information content (AvgIpc) is 2.80. The molecule has 0 saturated heterocycles. The van der Waals surface area contributed by atoms with Gasteiger partial charge in [-0.05, 0) is 18.2 Å². The molecular weight excluding hydrogens is 283 g/mol. The molecule has 1 unspecified atom stereocenters. The molecule has 1 atom stereocenters. The standard InChI is InChI=1S/C13H16F3N5/c1-3-4-17-11(7-12-18-20-21(2)19-12)13-9(15)5-8(14)6-10(13)16/h5-6,11,17H,3-4,7H2,1-2H3. The summed E-state index contributed by atoms with van der Waals surface area (Å²) in [7, 11) is 1.60. The second-order valence-electron chi connectivity index (χ2n) is 4.69. The molecule has 0 aliphatic rings. The van der Waals surface area contributed by atoms with Crippen LogP contribution in [0.15, 0.2) is 12.1 Å². The number of hydrogen-bond acceptors (Lipinski definition) is 4. The van der Waals surface area contributed by atoms with Crippen LogP contribution in [0.2, 0.25) is 0 Å². The van der Waals surface area contributed by atoms with Crippen molar-refractivity contribution in [3.63, 3.8) is 0 Å². The molecule has 0 radical (unpaired) electrons. The van der Waals surface area contributed by atoms with E-state index in [-0.39, 0.29) is 12.0 Å². The molecule has 8 heteroatoms. The molecule has 0 saturated carbocycles. The average molecular weight is 299 g/mol. The number of nitrogens with zero attached hydrogens (tertiary/aromatic N) is 4. The minimum atomic E-state index is -0.944. The minimum Gasteiger partial charge on any atom is -0.309 e. The van der Waals surface area contributed by atoms with E-state index in [9.17, 15) is 13.2 Å². The molecule has 0 aliphatic carbocycles. The summed E-state index contributed by atoms with van der Waals surface area (Å²) in [5.74, 6) is -2.44. The number of rotatable bonds is 6. The van der Waals surface area contributed by atoms with E-state index >= 15 is 0 Å². The molecule has 1 N–H and O–H groups in total. The van der Waals surface area contributed by atoms with Crippen LogP contribution in [0.3, 0.4) is 0 Å². The van der Waals surface area contributed by atoms with Crippen LogP contribution in [0.5, 0.6) is 0 Å². The van der Waals surface area contributed by atoms with Crippen molar-refractivity contribution in [1.82, 2.24) is 25.5 Å². The molecular formula is C13H16F3N5. The summed E-state index contributed by atoms with van der Waals surface area (Å²) in [5, 5.41) is 14.5. The summed E-state index contributed by atoms with van der Waals surface area (Å²) >= 11 is 0. The monoisotopic (exact) mass is 299 g/mol. The Labute approximate surface area is 120 Å². The Morgan fingerprint density at radius 3 is 2.43 bits per heavy atom. The molecule has 2 rings (SSSR count). The van der Waals surface area contributed by atoms with E-state index in [4.69, 9.17) is 0 Å². The van der Waals surface area contributed by atoms with E-state index in [0.717, 1.165) is 6.42 Å². The summed E-state index contributed by atoms with van der Waals surface area (Å²) in [5.41, 5.74) is -0.211. The van der Waals surface area contributed by atoms with Crippen LogP contribution in [-0.4, -0.2) is 26.8 Å². The van der Waals surface area contributed by atoms with Gasteiger partial charge in [-0.2, -0.15) is 4.80 Å². The minimum absolute atomic E-state index is 0.160. The van der Waals surface area contributed by atoms with Crippen molar-refractivity contribution in [3.8, 4) is 0 Å². The van der Waals surface area contributed by atoms with E-state index in [1.54, 1.807) is 7.05 Å². The van der Waals surface area contributed by atoms with Gasteiger partial charge in [0.1, 0.15) is 17.5 Å². The van der Waals surface area contributed by atoms with Gasteiger partial charge in [-0.1, -0.05) is 6.92 Å². The molecule has 5 nitrogen and oxygen atoms in total. The lowest BCUT2D eigenvalue weighted by molar-refractivity contribution is 0.449. The van der Waals surface area contributed by atoms with Gasteiger partial charge in [0.05, 0.1) is 7.05 Å². The second kappa shape index (κ2) is 6.66. The second-order valence-corrected chi connectivity index (χ2v) is 4.69. The Bertz CT molecular complexity index is 591. The summed E-state index contributed by atoms with van der Waals surface area (Å²) in [4.78, 5) is 1.27. The van der Waals surface area contributed by atoms with Crippen molar-refractivity contribution in [3.05, 3.63) is 41.0 Å². The van der Waals surface area contributed by atoms with Gasteiger partial charge in [0.15, 0.2) is 5.82 Å². The zero-order chi connectivity index (χ0) is 15.4. The Morgan fingerprint density at radius 1 is 1.24 bits per heavy atom. The highest BCUT2D eigenvalue weighted by atomic mass is 19.1. The van der Waals surface area contributed by atoms with Gasteiger partial charge in [0.25, 0.3) is 0 Å². The first kappa shape index (κ1) is 15.4. The molecule has 0 amide bonds. The first-order chi connectivity index (χ1) is 10.0. The van der Waals surface area contributed by atoms with Crippen LogP contribution in [0.1, 0.15) is 30.8 Å². The Morgan fingerprint density at radius 2 is 1.90 bits per heavy atom. The molecule has 0 bridgehead atoms. The third-order valence-corrected chi connectivity index (χ3v) is 2.97.